The van der Waals surface area contributed by atoms with Crippen molar-refractivity contribution in [2.24, 2.45) is 5.41 Å². The van der Waals surface area contributed by atoms with Gasteiger partial charge in [-0.2, -0.15) is 0 Å². The summed E-state index contributed by atoms with van der Waals surface area (Å²) in [5, 5.41) is 0.766. The molecule has 2 saturated heterocycles. The van der Waals surface area contributed by atoms with Gasteiger partial charge in [-0.25, -0.2) is 9.78 Å². The molecule has 6 nitrogen and oxygen atoms in total. The van der Waals surface area contributed by atoms with Crippen molar-refractivity contribution in [2.75, 3.05) is 44.2 Å². The minimum Gasteiger partial charge on any atom is -0.444 e. The number of fused-ring (bicyclic) bond motifs is 2. The molecule has 0 radical (unpaired) electrons. The van der Waals surface area contributed by atoms with E-state index in [4.69, 9.17) is 16.3 Å². The van der Waals surface area contributed by atoms with Gasteiger partial charge < -0.3 is 19.4 Å². The van der Waals surface area contributed by atoms with Crippen LogP contribution >= 0.6 is 23.4 Å². The maximum absolute atomic E-state index is 12.3. The van der Waals surface area contributed by atoms with Gasteiger partial charge in [0.1, 0.15) is 11.4 Å². The van der Waals surface area contributed by atoms with Gasteiger partial charge in [-0.15, -0.1) is 0 Å². The summed E-state index contributed by atoms with van der Waals surface area (Å²) in [7, 11) is 0. The summed E-state index contributed by atoms with van der Waals surface area (Å²) in [4.78, 5) is 26.3. The molecular weight excluding hydrogens is 492 g/mol. The Morgan fingerprint density at radius 3 is 2.58 bits per heavy atom. The van der Waals surface area contributed by atoms with Crippen LogP contribution in [-0.4, -0.2) is 65.7 Å². The Balaban J connectivity index is 1.04. The number of hydrogen-bond acceptors (Lipinski definition) is 6. The van der Waals surface area contributed by atoms with Crippen molar-refractivity contribution < 1.29 is 9.53 Å². The van der Waals surface area contributed by atoms with Crippen LogP contribution in [0, 0.1) is 5.41 Å². The Kier molecular flexibility index (Phi) is 7.44. The molecule has 2 aromatic rings. The molecule has 194 valence electrons. The Bertz CT molecular complexity index is 1090. The second-order valence-corrected chi connectivity index (χ2v) is 12.9. The first-order chi connectivity index (χ1) is 17.2. The molecule has 1 amide bonds. The second-order valence-electron chi connectivity index (χ2n) is 11.4. The fourth-order valence-corrected chi connectivity index (χ4v) is 6.77. The fraction of sp³-hybridized carbons (Fsp3) is 0.571. The van der Waals surface area contributed by atoms with Crippen LogP contribution in [0.3, 0.4) is 0 Å². The lowest BCUT2D eigenvalue weighted by atomic mass is 9.72. The Morgan fingerprint density at radius 1 is 1.08 bits per heavy atom. The largest absolute Gasteiger partial charge is 0.444 e. The topological polar surface area (TPSA) is 48.9 Å². The highest BCUT2D eigenvalue weighted by Gasteiger charge is 2.45. The highest BCUT2D eigenvalue weighted by molar-refractivity contribution is 7.99. The average molecular weight is 529 g/mol. The van der Waals surface area contributed by atoms with Gasteiger partial charge in [0.15, 0.2) is 0 Å². The third kappa shape index (κ3) is 5.79. The zero-order valence-corrected chi connectivity index (χ0v) is 23.2. The quantitative estimate of drug-likeness (QED) is 0.382. The van der Waals surface area contributed by atoms with Crippen molar-refractivity contribution >= 4 is 41.0 Å². The molecule has 3 aliphatic heterocycles. The molecule has 0 aliphatic carbocycles. The van der Waals surface area contributed by atoms with E-state index in [2.05, 4.69) is 33.0 Å². The number of ether oxygens (including phenoxy) is 1. The van der Waals surface area contributed by atoms with Crippen molar-refractivity contribution in [3.63, 3.8) is 0 Å². The van der Waals surface area contributed by atoms with E-state index >= 15 is 0 Å². The monoisotopic (exact) mass is 528 g/mol. The van der Waals surface area contributed by atoms with Crippen LogP contribution in [0.15, 0.2) is 46.3 Å². The van der Waals surface area contributed by atoms with Crippen LogP contribution < -0.4 is 4.90 Å². The molecule has 1 aromatic carbocycles. The van der Waals surface area contributed by atoms with E-state index < -0.39 is 5.60 Å². The first-order valence-electron chi connectivity index (χ1n) is 13.1. The molecule has 5 rings (SSSR count). The van der Waals surface area contributed by atoms with Crippen LogP contribution in [0.5, 0.6) is 0 Å². The van der Waals surface area contributed by atoms with Gasteiger partial charge in [0, 0.05) is 48.8 Å². The number of amides is 1. The van der Waals surface area contributed by atoms with Gasteiger partial charge in [0.2, 0.25) is 0 Å². The Morgan fingerprint density at radius 2 is 1.83 bits per heavy atom. The van der Waals surface area contributed by atoms with Gasteiger partial charge in [0.25, 0.3) is 0 Å². The summed E-state index contributed by atoms with van der Waals surface area (Å²) in [5.74, 6) is 1.04. The van der Waals surface area contributed by atoms with Crippen molar-refractivity contribution in [3.05, 3.63) is 41.6 Å². The number of carbonyl (C=O) groups is 1. The number of likely N-dealkylation sites (tertiary alicyclic amines) is 2. The molecule has 0 bridgehead atoms. The summed E-state index contributed by atoms with van der Waals surface area (Å²) in [6, 6.07) is 10.3. The molecule has 1 aromatic heterocycles. The summed E-state index contributed by atoms with van der Waals surface area (Å²) in [6.45, 7) is 11.9. The molecule has 0 atom stereocenters. The number of pyridine rings is 1. The highest BCUT2D eigenvalue weighted by Crippen LogP contribution is 2.48. The van der Waals surface area contributed by atoms with E-state index in [9.17, 15) is 4.79 Å². The number of halogens is 1. The lowest BCUT2D eigenvalue weighted by Gasteiger charge is -2.54. The number of anilines is 2. The predicted octanol–water partition coefficient (Wildman–Crippen LogP) is 6.84. The van der Waals surface area contributed by atoms with Crippen LogP contribution in [0.1, 0.15) is 52.9 Å². The van der Waals surface area contributed by atoms with Crippen molar-refractivity contribution in [1.29, 1.82) is 0 Å². The number of hydrogen-bond donors (Lipinski definition) is 0. The molecule has 0 unspecified atom stereocenters. The zero-order valence-electron chi connectivity index (χ0n) is 21.6. The van der Waals surface area contributed by atoms with Gasteiger partial charge in [0.05, 0.1) is 10.6 Å². The summed E-state index contributed by atoms with van der Waals surface area (Å²) in [5.41, 5.74) is 1.14. The lowest BCUT2D eigenvalue weighted by molar-refractivity contribution is -0.0515. The van der Waals surface area contributed by atoms with Crippen molar-refractivity contribution in [3.8, 4) is 0 Å². The molecule has 8 heteroatoms. The van der Waals surface area contributed by atoms with E-state index in [1.165, 1.54) is 41.4 Å². The third-order valence-corrected chi connectivity index (χ3v) is 8.73. The third-order valence-electron chi connectivity index (χ3n) is 7.39. The minimum atomic E-state index is -0.428. The number of aromatic nitrogens is 1. The molecule has 3 aliphatic rings. The maximum atomic E-state index is 12.3. The predicted molar refractivity (Wildman–Crippen MR) is 147 cm³/mol. The molecule has 4 heterocycles. The molecule has 0 saturated carbocycles. The van der Waals surface area contributed by atoms with Gasteiger partial charge in [-0.05, 0) is 88.7 Å². The molecular formula is C28H37ClN4O2S. The maximum Gasteiger partial charge on any atom is 0.410 e. The smallest absolute Gasteiger partial charge is 0.410 e. The van der Waals surface area contributed by atoms with E-state index in [1.54, 1.807) is 11.8 Å². The lowest BCUT2D eigenvalue weighted by Crippen LogP contribution is -2.60. The van der Waals surface area contributed by atoms with Crippen LogP contribution in [-0.2, 0) is 4.74 Å². The van der Waals surface area contributed by atoms with Crippen LogP contribution in [0.25, 0.3) is 0 Å². The molecule has 1 spiro atoms. The van der Waals surface area contributed by atoms with Crippen LogP contribution in [0.4, 0.5) is 16.3 Å². The Labute approximate surface area is 224 Å². The fourth-order valence-electron chi connectivity index (χ4n) is 5.56. The van der Waals surface area contributed by atoms with Crippen molar-refractivity contribution in [1.82, 2.24) is 14.8 Å². The molecule has 36 heavy (non-hydrogen) atoms. The summed E-state index contributed by atoms with van der Waals surface area (Å²) >= 11 is 8.10. The first kappa shape index (κ1) is 25.7. The van der Waals surface area contributed by atoms with Crippen LogP contribution in [0.2, 0.25) is 5.02 Å². The number of carbonyl (C=O) groups excluding carboxylic acids is 1. The standard InChI is InChI=1S/C28H37ClN4O2S/c1-27(2,3)35-26(34)32-16-11-28(12-17-32)19-31(20-28)14-5-4-6-15-33-22-18-21(29)9-10-23(22)36-24-8-7-13-30-25(24)33/h7-10,13,18H,4-6,11-12,14-17,19-20H2,1-3H3. The second kappa shape index (κ2) is 10.4. The number of rotatable bonds is 6. The average Bonchev–Trinajstić information content (AvgIpc) is 2.81. The summed E-state index contributed by atoms with van der Waals surface area (Å²) in [6.07, 6.45) is 7.41. The number of nitrogens with zero attached hydrogens (tertiary/aromatic N) is 4. The van der Waals surface area contributed by atoms with Crippen molar-refractivity contribution in [2.45, 2.75) is 68.3 Å². The number of piperidine rings is 1. The summed E-state index contributed by atoms with van der Waals surface area (Å²) < 4.78 is 5.54. The normalized spacial score (nSPS) is 19.0. The van der Waals surface area contributed by atoms with E-state index in [0.717, 1.165) is 56.3 Å². The minimum absolute atomic E-state index is 0.163. The van der Waals surface area contributed by atoms with E-state index in [-0.39, 0.29) is 6.09 Å². The molecule has 0 N–H and O–H groups in total. The SMILES string of the molecule is CC(C)(C)OC(=O)N1CCC2(CC1)CN(CCCCCN1c3cc(Cl)ccc3Sc3cccnc31)C2. The van der Waals surface area contributed by atoms with Gasteiger partial charge in [-0.3, -0.25) is 0 Å². The Hall–Kier alpha value is -1.96. The number of benzene rings is 1. The van der Waals surface area contributed by atoms with E-state index in [0.29, 0.717) is 5.41 Å². The molecule has 2 fully saturated rings. The highest BCUT2D eigenvalue weighted by atomic mass is 35.5. The number of unbranched alkanes of at least 4 members (excludes halogenated alkanes) is 2. The van der Waals surface area contributed by atoms with Gasteiger partial charge in [-0.1, -0.05) is 29.8 Å². The first-order valence-corrected chi connectivity index (χ1v) is 14.3. The van der Waals surface area contributed by atoms with E-state index in [1.807, 2.05) is 44.0 Å². The zero-order chi connectivity index (χ0) is 25.3. The van der Waals surface area contributed by atoms with Gasteiger partial charge >= 0.3 is 6.09 Å².